The molecule has 192 valence electrons. The van der Waals surface area contributed by atoms with Crippen LogP contribution in [0.1, 0.15) is 17.2 Å². The van der Waals surface area contributed by atoms with Gasteiger partial charge in [0.05, 0.1) is 24.4 Å². The van der Waals surface area contributed by atoms with Gasteiger partial charge in [0.1, 0.15) is 36.1 Å². The molecule has 2 aliphatic heterocycles. The molecular weight excluding hydrogens is 520 g/mol. The Morgan fingerprint density at radius 3 is 2.84 bits per heavy atom. The number of thiazole rings is 1. The number of amides is 2. The first-order valence-corrected chi connectivity index (χ1v) is 13.0. The third-order valence-corrected chi connectivity index (χ3v) is 8.03. The number of carboxylic acid groups (broad SMARTS) is 1. The Hall–Kier alpha value is -3.98. The summed E-state index contributed by atoms with van der Waals surface area (Å²) in [6, 6.07) is 0.950. The molecule has 2 amide bonds. The van der Waals surface area contributed by atoms with E-state index < -0.39 is 29.2 Å². The third-order valence-electron chi connectivity index (χ3n) is 6.01. The van der Waals surface area contributed by atoms with Crippen molar-refractivity contribution in [3.63, 3.8) is 0 Å². The summed E-state index contributed by atoms with van der Waals surface area (Å²) in [4.78, 5) is 52.6. The third kappa shape index (κ3) is 4.29. The van der Waals surface area contributed by atoms with Gasteiger partial charge in [-0.05, 0) is 12.5 Å². The van der Waals surface area contributed by atoms with E-state index in [1.165, 1.54) is 23.8 Å². The van der Waals surface area contributed by atoms with Crippen molar-refractivity contribution in [2.24, 2.45) is 5.16 Å². The van der Waals surface area contributed by atoms with Crippen molar-refractivity contribution in [3.05, 3.63) is 52.3 Å². The van der Waals surface area contributed by atoms with Crippen LogP contribution in [0.2, 0.25) is 0 Å². The number of aryl methyl sites for hydroxylation is 2. The van der Waals surface area contributed by atoms with E-state index in [4.69, 9.17) is 10.6 Å². The number of hydrogen-bond donors (Lipinski definition) is 2. The number of thioether (sulfide) groups is 1. The van der Waals surface area contributed by atoms with Crippen molar-refractivity contribution in [3.8, 4) is 0 Å². The number of carboxylic acids is 1. The van der Waals surface area contributed by atoms with Crippen molar-refractivity contribution in [1.82, 2.24) is 24.8 Å². The fraction of sp³-hybridized carbons (Fsp3) is 0.318. The lowest BCUT2D eigenvalue weighted by Crippen LogP contribution is -2.71. The number of carbonyl (C=O) groups is 3. The number of imidazole rings is 1. The number of anilines is 1. The van der Waals surface area contributed by atoms with E-state index in [-0.39, 0.29) is 28.8 Å². The number of hydrogen-bond acceptors (Lipinski definition) is 11. The predicted molar refractivity (Wildman–Crippen MR) is 132 cm³/mol. The smallest absolute Gasteiger partial charge is 0.276 e. The normalized spacial score (nSPS) is 19.6. The highest BCUT2D eigenvalue weighted by molar-refractivity contribution is 8.00. The zero-order valence-corrected chi connectivity index (χ0v) is 21.6. The lowest BCUT2D eigenvalue weighted by Gasteiger charge is -2.50. The van der Waals surface area contributed by atoms with Crippen LogP contribution in [-0.2, 0) is 25.8 Å². The first kappa shape index (κ1) is 24.7. The van der Waals surface area contributed by atoms with Gasteiger partial charge < -0.3 is 25.8 Å². The van der Waals surface area contributed by atoms with Crippen molar-refractivity contribution in [2.45, 2.75) is 31.8 Å². The summed E-state index contributed by atoms with van der Waals surface area (Å²) < 4.78 is 3.80. The minimum Gasteiger partial charge on any atom is -0.543 e. The van der Waals surface area contributed by atoms with E-state index in [0.29, 0.717) is 11.3 Å². The Kier molecular flexibility index (Phi) is 6.33. The highest BCUT2D eigenvalue weighted by Gasteiger charge is 2.53. The highest BCUT2D eigenvalue weighted by Crippen LogP contribution is 2.40. The predicted octanol–water partition coefficient (Wildman–Crippen LogP) is -1.27. The van der Waals surface area contributed by atoms with E-state index in [1.54, 1.807) is 5.38 Å². The van der Waals surface area contributed by atoms with Crippen LogP contribution in [0.25, 0.3) is 5.65 Å². The fourth-order valence-electron chi connectivity index (χ4n) is 4.43. The Morgan fingerprint density at radius 1 is 1.38 bits per heavy atom. The van der Waals surface area contributed by atoms with Gasteiger partial charge in [-0.15, -0.1) is 28.1 Å². The maximum atomic E-state index is 13.1. The number of aromatic nitrogens is 4. The number of carbonyl (C=O) groups excluding carboxylic acids is 3. The van der Waals surface area contributed by atoms with E-state index in [2.05, 4.69) is 20.4 Å². The van der Waals surface area contributed by atoms with Crippen LogP contribution in [-0.4, -0.2) is 67.2 Å². The minimum atomic E-state index is -1.45. The van der Waals surface area contributed by atoms with Crippen molar-refractivity contribution in [2.75, 3.05) is 18.6 Å². The summed E-state index contributed by atoms with van der Waals surface area (Å²) in [5.41, 5.74) is 7.75. The minimum absolute atomic E-state index is 0.143. The molecule has 1 saturated heterocycles. The molecule has 5 rings (SSSR count). The number of nitrogens with two attached hydrogens (primary N) is 1. The molecule has 3 N–H and O–H groups in total. The van der Waals surface area contributed by atoms with E-state index in [9.17, 15) is 19.5 Å². The topological polar surface area (TPSA) is 172 Å². The van der Waals surface area contributed by atoms with Crippen LogP contribution in [0.5, 0.6) is 0 Å². The van der Waals surface area contributed by atoms with E-state index in [1.807, 2.05) is 41.3 Å². The quantitative estimate of drug-likeness (QED) is 0.160. The van der Waals surface area contributed by atoms with Crippen LogP contribution in [0.3, 0.4) is 0 Å². The van der Waals surface area contributed by atoms with Gasteiger partial charge in [0.2, 0.25) is 11.5 Å². The second kappa shape index (κ2) is 9.48. The van der Waals surface area contributed by atoms with Gasteiger partial charge >= 0.3 is 0 Å². The van der Waals surface area contributed by atoms with Crippen LogP contribution in [0, 0.1) is 13.8 Å². The van der Waals surface area contributed by atoms with Crippen LogP contribution in [0.15, 0.2) is 40.3 Å². The Bertz CT molecular complexity index is 1510. The summed E-state index contributed by atoms with van der Waals surface area (Å²) in [6.45, 7) is 4.02. The number of fused-ring (bicyclic) bond motifs is 2. The molecule has 1 fully saturated rings. The molecule has 13 nitrogen and oxygen atoms in total. The van der Waals surface area contributed by atoms with Gasteiger partial charge in [-0.1, -0.05) is 5.16 Å². The molecule has 15 heteroatoms. The van der Waals surface area contributed by atoms with Gasteiger partial charge in [-0.25, -0.2) is 9.38 Å². The molecule has 0 saturated carbocycles. The lowest BCUT2D eigenvalue weighted by atomic mass is 10.0. The molecule has 0 spiro atoms. The van der Waals surface area contributed by atoms with Gasteiger partial charge in [-0.3, -0.25) is 19.1 Å². The number of rotatable bonds is 7. The standard InChI is InChI=1S/C22H22N8O5S2/c1-10-6-14-28(4-5-29(14)11(2)24-10)7-12-8-36-20-16(19(32)30(20)17(12)21(33)34)26-18(31)15(27-35-3)13-9-37-22(23)25-13/h4-6,9,16,20H,7-8H2,1-3H3,(H3-,23,25,26,31,33,34)/b27-15-/t16-,20-/m1/s1. The van der Waals surface area contributed by atoms with E-state index in [0.717, 1.165) is 28.5 Å². The second-order valence-electron chi connectivity index (χ2n) is 8.39. The monoisotopic (exact) mass is 542 g/mol. The molecule has 3 aromatic heterocycles. The molecule has 0 unspecified atom stereocenters. The van der Waals surface area contributed by atoms with Crippen molar-refractivity contribution >= 4 is 57.4 Å². The van der Waals surface area contributed by atoms with Crippen molar-refractivity contribution < 1.29 is 28.7 Å². The number of β-lactam (4-membered cyclic amide) rings is 1. The largest absolute Gasteiger partial charge is 0.543 e. The second-order valence-corrected chi connectivity index (χ2v) is 10.4. The Balaban J connectivity index is 1.39. The first-order valence-electron chi connectivity index (χ1n) is 11.1. The zero-order valence-electron chi connectivity index (χ0n) is 20.0. The molecule has 2 aliphatic rings. The molecule has 0 aromatic carbocycles. The lowest BCUT2D eigenvalue weighted by molar-refractivity contribution is -0.522. The fourth-order valence-corrected chi connectivity index (χ4v) is 6.31. The van der Waals surface area contributed by atoms with Gasteiger partial charge in [-0.2, -0.15) is 0 Å². The first-order chi connectivity index (χ1) is 17.7. The number of aliphatic carboxylic acids is 1. The molecule has 37 heavy (non-hydrogen) atoms. The van der Waals surface area contributed by atoms with Gasteiger partial charge in [0.15, 0.2) is 10.8 Å². The summed E-state index contributed by atoms with van der Waals surface area (Å²) in [7, 11) is 1.28. The zero-order chi connectivity index (χ0) is 26.4. The Labute approximate surface area is 218 Å². The van der Waals surface area contributed by atoms with Gasteiger partial charge in [0, 0.05) is 24.1 Å². The summed E-state index contributed by atoms with van der Waals surface area (Å²) >= 11 is 2.48. The number of oxime groups is 1. The molecule has 3 aromatic rings. The molecule has 2 atom stereocenters. The van der Waals surface area contributed by atoms with Crippen molar-refractivity contribution in [1.29, 1.82) is 0 Å². The molecular formula is C22H22N8O5S2. The average Bonchev–Trinajstić information content (AvgIpc) is 3.46. The molecule has 0 bridgehead atoms. The number of nitrogens with one attached hydrogen (secondary N) is 1. The summed E-state index contributed by atoms with van der Waals surface area (Å²) in [6.07, 6.45) is 3.69. The number of nitrogen functional groups attached to an aromatic ring is 1. The molecule has 5 heterocycles. The van der Waals surface area contributed by atoms with Crippen LogP contribution < -0.4 is 20.6 Å². The summed E-state index contributed by atoms with van der Waals surface area (Å²) in [5, 5.41) is 19.7. The van der Waals surface area contributed by atoms with Crippen LogP contribution in [0.4, 0.5) is 5.13 Å². The summed E-state index contributed by atoms with van der Waals surface area (Å²) in [5.74, 6) is -1.56. The maximum absolute atomic E-state index is 13.1. The Morgan fingerprint density at radius 2 is 2.16 bits per heavy atom. The van der Waals surface area contributed by atoms with Crippen LogP contribution >= 0.6 is 23.1 Å². The molecule has 0 aliphatic carbocycles. The van der Waals surface area contributed by atoms with E-state index >= 15 is 0 Å². The maximum Gasteiger partial charge on any atom is 0.276 e. The highest BCUT2D eigenvalue weighted by atomic mass is 32.2. The average molecular weight is 543 g/mol. The number of nitrogens with zero attached hydrogens (tertiary/aromatic N) is 6. The van der Waals surface area contributed by atoms with Gasteiger partial charge in [0.25, 0.3) is 11.8 Å². The molecule has 0 radical (unpaired) electrons. The SMILES string of the molecule is CO/N=C(\C(=O)N[C@@H]1C(=O)N2C(C(=O)[O-])=C(Cn3cc[n+]4c(C)nc(C)cc34)CS[C@H]12)c1csc(N)n1.